The van der Waals surface area contributed by atoms with E-state index in [0.29, 0.717) is 10.9 Å². The Morgan fingerprint density at radius 3 is 2.93 bits per heavy atom. The van der Waals surface area contributed by atoms with Gasteiger partial charge < -0.3 is 4.98 Å². The van der Waals surface area contributed by atoms with Crippen LogP contribution in [0.1, 0.15) is 6.92 Å². The van der Waals surface area contributed by atoms with Crippen molar-refractivity contribution in [1.82, 2.24) is 4.98 Å². The third-order valence-electron chi connectivity index (χ3n) is 1.76. The third-order valence-corrected chi connectivity index (χ3v) is 1.76. The second-order valence-electron chi connectivity index (χ2n) is 2.76. The van der Waals surface area contributed by atoms with E-state index in [1.807, 2.05) is 19.1 Å². The summed E-state index contributed by atoms with van der Waals surface area (Å²) < 4.78 is 0. The van der Waals surface area contributed by atoms with Crippen molar-refractivity contribution in [2.24, 2.45) is 0 Å². The van der Waals surface area contributed by atoms with Crippen molar-refractivity contribution >= 4 is 12.2 Å². The Morgan fingerprint density at radius 1 is 1.64 bits per heavy atom. The van der Waals surface area contributed by atoms with Crippen LogP contribution >= 0.6 is 0 Å². The Hall–Kier alpha value is -2.08. The Bertz CT molecular complexity index is 558. The maximum absolute atomic E-state index is 11.0. The van der Waals surface area contributed by atoms with Gasteiger partial charge >= 0.3 is 0 Å². The highest BCUT2D eigenvalue weighted by atomic mass is 16.1. The van der Waals surface area contributed by atoms with E-state index < -0.39 is 0 Å². The predicted molar refractivity (Wildman–Crippen MR) is 55.7 cm³/mol. The standard InChI is InChI=1S/C11H10N2O/c1-3-9-4-5-11(14)13-10(9)6-8(2)7-12/h3-6H,2H2,1H3,(H,13,14)/b9-3-,10-6+. The van der Waals surface area contributed by atoms with E-state index in [1.165, 1.54) is 6.07 Å². The number of hydrogen-bond donors (Lipinski definition) is 1. The number of nitrogens with zero attached hydrogens (tertiary/aromatic N) is 1. The number of H-pyrrole nitrogens is 1. The molecule has 1 heterocycles. The molecule has 0 bridgehead atoms. The van der Waals surface area contributed by atoms with Crippen molar-refractivity contribution in [3.05, 3.63) is 45.2 Å². The summed E-state index contributed by atoms with van der Waals surface area (Å²) in [7, 11) is 0. The molecular weight excluding hydrogens is 176 g/mol. The third kappa shape index (κ3) is 2.20. The molecule has 70 valence electrons. The Labute approximate surface area is 81.3 Å². The van der Waals surface area contributed by atoms with E-state index >= 15 is 0 Å². The molecular formula is C11H10N2O. The fraction of sp³-hybridized carbons (Fsp3) is 0.0909. The van der Waals surface area contributed by atoms with Crippen molar-refractivity contribution in [1.29, 1.82) is 5.26 Å². The minimum Gasteiger partial charge on any atom is -0.322 e. The van der Waals surface area contributed by atoms with Gasteiger partial charge in [0, 0.05) is 17.0 Å². The molecule has 0 amide bonds. The van der Waals surface area contributed by atoms with E-state index in [2.05, 4.69) is 11.6 Å². The van der Waals surface area contributed by atoms with Gasteiger partial charge in [-0.15, -0.1) is 0 Å². The van der Waals surface area contributed by atoms with Crippen molar-refractivity contribution in [2.45, 2.75) is 6.92 Å². The molecule has 0 radical (unpaired) electrons. The topological polar surface area (TPSA) is 56.6 Å². The van der Waals surface area contributed by atoms with Crippen LogP contribution in [0.2, 0.25) is 0 Å². The molecule has 0 aromatic carbocycles. The SMILES string of the molecule is C=C(C#N)/C=c1/[nH]c(=O)cc/c1=C/C. The van der Waals surface area contributed by atoms with Crippen molar-refractivity contribution < 1.29 is 0 Å². The first-order valence-electron chi connectivity index (χ1n) is 4.14. The van der Waals surface area contributed by atoms with Gasteiger partial charge in [0.15, 0.2) is 0 Å². The summed E-state index contributed by atoms with van der Waals surface area (Å²) >= 11 is 0. The molecule has 0 aliphatic carbocycles. The summed E-state index contributed by atoms with van der Waals surface area (Å²) in [6.45, 7) is 5.38. The van der Waals surface area contributed by atoms with Crippen LogP contribution in [0, 0.1) is 11.3 Å². The number of aromatic nitrogens is 1. The van der Waals surface area contributed by atoms with Crippen LogP contribution in [0.5, 0.6) is 0 Å². The van der Waals surface area contributed by atoms with Gasteiger partial charge in [0.1, 0.15) is 0 Å². The van der Waals surface area contributed by atoms with Gasteiger partial charge in [-0.2, -0.15) is 5.26 Å². The minimum atomic E-state index is -0.187. The molecule has 0 saturated heterocycles. The van der Waals surface area contributed by atoms with Gasteiger partial charge in [0.05, 0.1) is 6.07 Å². The maximum atomic E-state index is 11.0. The smallest absolute Gasteiger partial charge is 0.248 e. The van der Waals surface area contributed by atoms with Crippen LogP contribution < -0.4 is 16.1 Å². The van der Waals surface area contributed by atoms with Crippen molar-refractivity contribution in [3.63, 3.8) is 0 Å². The molecule has 0 aliphatic heterocycles. The lowest BCUT2D eigenvalue weighted by Crippen LogP contribution is -2.33. The number of nitriles is 1. The lowest BCUT2D eigenvalue weighted by atomic mass is 10.2. The maximum Gasteiger partial charge on any atom is 0.248 e. The largest absolute Gasteiger partial charge is 0.322 e. The summed E-state index contributed by atoms with van der Waals surface area (Å²) in [5.41, 5.74) is 0.127. The molecule has 0 unspecified atom stereocenters. The molecule has 1 N–H and O–H groups in total. The minimum absolute atomic E-state index is 0.187. The lowest BCUT2D eigenvalue weighted by molar-refractivity contribution is 1.15. The molecule has 1 rings (SSSR count). The Morgan fingerprint density at radius 2 is 2.36 bits per heavy atom. The van der Waals surface area contributed by atoms with Crippen LogP contribution in [0.25, 0.3) is 12.2 Å². The molecule has 0 aliphatic rings. The molecule has 0 fully saturated rings. The van der Waals surface area contributed by atoms with E-state index in [0.717, 1.165) is 5.22 Å². The number of rotatable bonds is 1. The first-order chi connectivity index (χ1) is 6.67. The molecule has 0 atom stereocenters. The first-order valence-corrected chi connectivity index (χ1v) is 4.14. The molecule has 3 nitrogen and oxygen atoms in total. The second-order valence-corrected chi connectivity index (χ2v) is 2.76. The van der Waals surface area contributed by atoms with E-state index in [-0.39, 0.29) is 5.56 Å². The summed E-state index contributed by atoms with van der Waals surface area (Å²) in [6.07, 6.45) is 3.41. The molecule has 1 aromatic rings. The lowest BCUT2D eigenvalue weighted by Gasteiger charge is -1.89. The van der Waals surface area contributed by atoms with Gasteiger partial charge in [-0.25, -0.2) is 0 Å². The molecule has 0 saturated carbocycles. The predicted octanol–water partition coefficient (Wildman–Crippen LogP) is 0.0356. The van der Waals surface area contributed by atoms with Gasteiger partial charge in [-0.3, -0.25) is 4.79 Å². The van der Waals surface area contributed by atoms with Crippen molar-refractivity contribution in [3.8, 4) is 6.07 Å². The fourth-order valence-electron chi connectivity index (χ4n) is 1.08. The number of aromatic amines is 1. The summed E-state index contributed by atoms with van der Waals surface area (Å²) in [4.78, 5) is 13.7. The van der Waals surface area contributed by atoms with Crippen LogP contribution in [0.3, 0.4) is 0 Å². The monoisotopic (exact) mass is 186 g/mol. The van der Waals surface area contributed by atoms with E-state index in [9.17, 15) is 4.79 Å². The highest BCUT2D eigenvalue weighted by Gasteiger charge is 1.88. The second kappa shape index (κ2) is 4.24. The number of allylic oxidation sites excluding steroid dienone is 1. The van der Waals surface area contributed by atoms with Gasteiger partial charge in [-0.05, 0) is 24.3 Å². The average Bonchev–Trinajstić information content (AvgIpc) is 2.18. The zero-order chi connectivity index (χ0) is 10.6. The summed E-state index contributed by atoms with van der Waals surface area (Å²) in [5.74, 6) is 0. The number of hydrogen-bond acceptors (Lipinski definition) is 2. The first kappa shape index (κ1) is 10.0. The van der Waals surface area contributed by atoms with Crippen LogP contribution in [0.4, 0.5) is 0 Å². The Kier molecular flexibility index (Phi) is 3.03. The average molecular weight is 186 g/mol. The van der Waals surface area contributed by atoms with Crippen LogP contribution in [-0.4, -0.2) is 4.98 Å². The van der Waals surface area contributed by atoms with Gasteiger partial charge in [0.25, 0.3) is 0 Å². The normalized spacial score (nSPS) is 12.6. The quantitative estimate of drug-likeness (QED) is 0.629. The molecule has 14 heavy (non-hydrogen) atoms. The van der Waals surface area contributed by atoms with Crippen molar-refractivity contribution in [2.75, 3.05) is 0 Å². The molecule has 1 aromatic heterocycles. The van der Waals surface area contributed by atoms with E-state index in [4.69, 9.17) is 5.26 Å². The molecule has 0 spiro atoms. The zero-order valence-corrected chi connectivity index (χ0v) is 7.87. The van der Waals surface area contributed by atoms with E-state index in [1.54, 1.807) is 12.1 Å². The number of pyridine rings is 1. The fourth-order valence-corrected chi connectivity index (χ4v) is 1.08. The zero-order valence-electron chi connectivity index (χ0n) is 7.87. The molecule has 3 heteroatoms. The summed E-state index contributed by atoms with van der Waals surface area (Å²) in [5, 5.41) is 10.0. The highest BCUT2D eigenvalue weighted by molar-refractivity contribution is 5.52. The van der Waals surface area contributed by atoms with Crippen LogP contribution in [-0.2, 0) is 0 Å². The van der Waals surface area contributed by atoms with Gasteiger partial charge in [0.2, 0.25) is 5.56 Å². The summed E-state index contributed by atoms with van der Waals surface area (Å²) in [6, 6.07) is 5.05. The van der Waals surface area contributed by atoms with Crippen LogP contribution in [0.15, 0.2) is 29.1 Å². The number of nitrogens with one attached hydrogen (secondary N) is 1. The Balaban J connectivity index is 3.57. The van der Waals surface area contributed by atoms with Gasteiger partial charge in [-0.1, -0.05) is 12.7 Å². The highest BCUT2D eigenvalue weighted by Crippen LogP contribution is 1.84.